The predicted molar refractivity (Wildman–Crippen MR) is 58.2 cm³/mol. The van der Waals surface area contributed by atoms with Gasteiger partial charge >= 0.3 is 0 Å². The van der Waals surface area contributed by atoms with Crippen molar-refractivity contribution in [1.29, 1.82) is 0 Å². The number of hydrogen-bond donors (Lipinski definition) is 0. The van der Waals surface area contributed by atoms with Crippen molar-refractivity contribution in [3.8, 4) is 0 Å². The van der Waals surface area contributed by atoms with Crippen molar-refractivity contribution < 1.29 is 4.79 Å². The van der Waals surface area contributed by atoms with E-state index in [0.717, 1.165) is 18.8 Å². The Hall–Kier alpha value is 0.630. The molecule has 0 radical (unpaired) electrons. The van der Waals surface area contributed by atoms with E-state index in [9.17, 15) is 4.79 Å². The topological polar surface area (TPSA) is 17.1 Å². The highest BCUT2D eigenvalue weighted by Gasteiger charge is 2.56. The summed E-state index contributed by atoms with van der Waals surface area (Å²) < 4.78 is 0. The van der Waals surface area contributed by atoms with Gasteiger partial charge in [-0.25, -0.2) is 0 Å². The van der Waals surface area contributed by atoms with Gasteiger partial charge in [-0.05, 0) is 31.1 Å². The Labute approximate surface area is 94.9 Å². The molecule has 13 heavy (non-hydrogen) atoms. The molecule has 0 heterocycles. The second kappa shape index (κ2) is 2.82. The molecule has 4 aliphatic carbocycles. The summed E-state index contributed by atoms with van der Waals surface area (Å²) in [7, 11) is 0. The number of carbonyl (C=O) groups excluding carboxylic acids is 1. The van der Waals surface area contributed by atoms with E-state index in [1.807, 2.05) is 0 Å². The molecule has 1 nitrogen and oxygen atoms in total. The summed E-state index contributed by atoms with van der Waals surface area (Å²) in [6.45, 7) is 0. The molecular weight excluding hydrogens is 296 g/mol. The maximum atomic E-state index is 11.9. The van der Waals surface area contributed by atoms with Crippen molar-refractivity contribution >= 4 is 37.6 Å². The Balaban J connectivity index is 2.01. The third-order valence-corrected chi connectivity index (χ3v) is 6.73. The maximum Gasteiger partial charge on any atom is 0.141 e. The average Bonchev–Trinajstić information content (AvgIpc) is 2.12. The zero-order valence-electron chi connectivity index (χ0n) is 7.25. The molecule has 0 saturated heterocycles. The van der Waals surface area contributed by atoms with Gasteiger partial charge in [0, 0.05) is 21.5 Å². The standard InChI is InChI=1S/C10H12Br2O/c11-8-5-1-4-2-6(8)10(13)7(3-4)9(5)12/h4-9H,1-3H2. The Bertz CT molecular complexity index is 244. The molecule has 4 aliphatic rings. The lowest BCUT2D eigenvalue weighted by molar-refractivity contribution is -0.138. The van der Waals surface area contributed by atoms with Crippen LogP contribution in [0.15, 0.2) is 0 Å². The number of ketones is 1. The molecule has 4 rings (SSSR count). The molecule has 0 aromatic rings. The van der Waals surface area contributed by atoms with E-state index in [0.29, 0.717) is 33.2 Å². The van der Waals surface area contributed by atoms with Crippen LogP contribution in [0.4, 0.5) is 0 Å². The van der Waals surface area contributed by atoms with Crippen molar-refractivity contribution in [3.63, 3.8) is 0 Å². The first kappa shape index (κ1) is 8.90. The van der Waals surface area contributed by atoms with Crippen molar-refractivity contribution in [1.82, 2.24) is 0 Å². The number of alkyl halides is 2. The van der Waals surface area contributed by atoms with Crippen LogP contribution in [0.5, 0.6) is 0 Å². The zero-order valence-corrected chi connectivity index (χ0v) is 10.4. The smallest absolute Gasteiger partial charge is 0.141 e. The molecule has 0 aromatic carbocycles. The molecule has 0 N–H and O–H groups in total. The van der Waals surface area contributed by atoms with Gasteiger partial charge in [-0.15, -0.1) is 0 Å². The van der Waals surface area contributed by atoms with E-state index in [1.54, 1.807) is 0 Å². The summed E-state index contributed by atoms with van der Waals surface area (Å²) in [6.07, 6.45) is 3.63. The first-order valence-electron chi connectivity index (χ1n) is 5.00. The predicted octanol–water partition coefficient (Wildman–Crippen LogP) is 2.76. The van der Waals surface area contributed by atoms with Crippen LogP contribution >= 0.6 is 31.9 Å². The highest BCUT2D eigenvalue weighted by molar-refractivity contribution is 9.10. The van der Waals surface area contributed by atoms with Gasteiger partial charge < -0.3 is 0 Å². The summed E-state index contributed by atoms with van der Waals surface area (Å²) >= 11 is 7.42. The van der Waals surface area contributed by atoms with Crippen LogP contribution in [0.25, 0.3) is 0 Å². The van der Waals surface area contributed by atoms with Gasteiger partial charge in [0.1, 0.15) is 5.78 Å². The summed E-state index contributed by atoms with van der Waals surface area (Å²) in [5.74, 6) is 2.77. The lowest BCUT2D eigenvalue weighted by Crippen LogP contribution is -2.57. The Morgan fingerprint density at radius 1 is 1.00 bits per heavy atom. The fourth-order valence-electron chi connectivity index (χ4n) is 3.51. The van der Waals surface area contributed by atoms with Crippen LogP contribution < -0.4 is 0 Å². The minimum Gasteiger partial charge on any atom is -0.299 e. The highest BCUT2D eigenvalue weighted by atomic mass is 79.9. The van der Waals surface area contributed by atoms with Crippen LogP contribution in [0.2, 0.25) is 0 Å². The lowest BCUT2D eigenvalue weighted by atomic mass is 9.55. The summed E-state index contributed by atoms with van der Waals surface area (Å²) in [5, 5.41) is 0. The summed E-state index contributed by atoms with van der Waals surface area (Å²) in [6, 6.07) is 0. The van der Waals surface area contributed by atoms with E-state index >= 15 is 0 Å². The van der Waals surface area contributed by atoms with Crippen molar-refractivity contribution in [2.45, 2.75) is 28.9 Å². The third-order valence-electron chi connectivity index (χ3n) is 4.10. The molecule has 3 heteroatoms. The lowest BCUT2D eigenvalue weighted by Gasteiger charge is -2.54. The SMILES string of the molecule is O=C1C2CC3CC1C(Br)C(C3)C2Br. The molecule has 0 amide bonds. The largest absolute Gasteiger partial charge is 0.299 e. The zero-order chi connectivity index (χ0) is 9.16. The second-order valence-corrected chi connectivity index (χ2v) is 6.86. The monoisotopic (exact) mass is 306 g/mol. The molecule has 4 unspecified atom stereocenters. The van der Waals surface area contributed by atoms with Crippen LogP contribution in [-0.2, 0) is 4.79 Å². The van der Waals surface area contributed by atoms with E-state index in [4.69, 9.17) is 0 Å². The molecule has 4 fully saturated rings. The highest BCUT2D eigenvalue weighted by Crippen LogP contribution is 2.56. The van der Waals surface area contributed by atoms with Gasteiger partial charge in [0.15, 0.2) is 0 Å². The number of rotatable bonds is 0. The molecule has 4 saturated carbocycles. The van der Waals surface area contributed by atoms with Crippen LogP contribution in [0, 0.1) is 23.7 Å². The minimum atomic E-state index is 0.344. The van der Waals surface area contributed by atoms with Gasteiger partial charge in [-0.3, -0.25) is 4.79 Å². The van der Waals surface area contributed by atoms with Crippen molar-refractivity contribution in [3.05, 3.63) is 0 Å². The van der Waals surface area contributed by atoms with Gasteiger partial charge in [0.2, 0.25) is 0 Å². The van der Waals surface area contributed by atoms with Crippen molar-refractivity contribution in [2.24, 2.45) is 23.7 Å². The molecule has 4 bridgehead atoms. The molecule has 0 spiro atoms. The van der Waals surface area contributed by atoms with E-state index in [-0.39, 0.29) is 0 Å². The molecule has 0 aromatic heterocycles. The van der Waals surface area contributed by atoms with E-state index < -0.39 is 0 Å². The molecule has 0 aliphatic heterocycles. The number of hydrogen-bond acceptors (Lipinski definition) is 1. The first-order valence-corrected chi connectivity index (χ1v) is 6.83. The van der Waals surface area contributed by atoms with Crippen LogP contribution in [0.1, 0.15) is 19.3 Å². The van der Waals surface area contributed by atoms with Crippen molar-refractivity contribution in [2.75, 3.05) is 0 Å². The normalized spacial score (nSPS) is 58.8. The number of Topliss-reactive ketones (excluding diaryl/α,β-unsaturated/α-hetero) is 1. The molecule has 72 valence electrons. The average molecular weight is 308 g/mol. The molecule has 4 atom stereocenters. The van der Waals surface area contributed by atoms with Crippen LogP contribution in [0.3, 0.4) is 0 Å². The van der Waals surface area contributed by atoms with E-state index in [2.05, 4.69) is 31.9 Å². The molecular formula is C10H12Br2O. The second-order valence-electron chi connectivity index (χ2n) is 4.74. The fraction of sp³-hybridized carbons (Fsp3) is 0.900. The Morgan fingerprint density at radius 2 is 1.54 bits per heavy atom. The van der Waals surface area contributed by atoms with E-state index in [1.165, 1.54) is 6.42 Å². The summed E-state index contributed by atoms with van der Waals surface area (Å²) in [4.78, 5) is 12.8. The van der Waals surface area contributed by atoms with Gasteiger partial charge in [0.25, 0.3) is 0 Å². The quantitative estimate of drug-likeness (QED) is 0.629. The summed E-state index contributed by atoms with van der Waals surface area (Å²) in [5.41, 5.74) is 0. The first-order chi connectivity index (χ1) is 6.18. The van der Waals surface area contributed by atoms with Gasteiger partial charge in [-0.2, -0.15) is 0 Å². The minimum absolute atomic E-state index is 0.344. The van der Waals surface area contributed by atoms with Gasteiger partial charge in [0.05, 0.1) is 0 Å². The fourth-order valence-corrected chi connectivity index (χ4v) is 5.96. The number of halogens is 2. The number of carbonyl (C=O) groups is 1. The Kier molecular flexibility index (Phi) is 1.93. The third kappa shape index (κ3) is 1.06. The van der Waals surface area contributed by atoms with Gasteiger partial charge in [-0.1, -0.05) is 31.9 Å². The maximum absolute atomic E-state index is 11.9. The van der Waals surface area contributed by atoms with Crippen LogP contribution in [-0.4, -0.2) is 15.4 Å². The Morgan fingerprint density at radius 3 is 2.08 bits per heavy atom.